The van der Waals surface area contributed by atoms with Crippen LogP contribution in [0.2, 0.25) is 0 Å². The number of hydrogen-bond donors (Lipinski definition) is 0. The molecule has 3 nitrogen and oxygen atoms in total. The highest BCUT2D eigenvalue weighted by atomic mass is 16.6. The van der Waals surface area contributed by atoms with Crippen molar-refractivity contribution in [2.24, 2.45) is 0 Å². The molecule has 0 aromatic carbocycles. The quantitative estimate of drug-likeness (QED) is 0.625. The summed E-state index contributed by atoms with van der Waals surface area (Å²) in [4.78, 5) is 5.14. The summed E-state index contributed by atoms with van der Waals surface area (Å²) in [6, 6.07) is 0.696. The van der Waals surface area contributed by atoms with Crippen LogP contribution in [0.4, 0.5) is 0 Å². The van der Waals surface area contributed by atoms with Gasteiger partial charge in [-0.3, -0.25) is 4.90 Å². The third-order valence-corrected chi connectivity index (χ3v) is 3.35. The molecule has 0 N–H and O–H groups in total. The molecular formula is C11H22N2O. The fourth-order valence-electron chi connectivity index (χ4n) is 2.29. The lowest BCUT2D eigenvalue weighted by molar-refractivity contribution is 0.179. The van der Waals surface area contributed by atoms with Gasteiger partial charge in [0.05, 0.1) is 12.7 Å². The van der Waals surface area contributed by atoms with Gasteiger partial charge < -0.3 is 9.64 Å². The van der Waals surface area contributed by atoms with E-state index in [1.807, 2.05) is 0 Å². The molecule has 82 valence electrons. The van der Waals surface area contributed by atoms with Gasteiger partial charge in [-0.25, -0.2) is 0 Å². The summed E-state index contributed by atoms with van der Waals surface area (Å²) in [5.74, 6) is 0. The van der Waals surface area contributed by atoms with Gasteiger partial charge in [0.15, 0.2) is 0 Å². The van der Waals surface area contributed by atoms with Gasteiger partial charge in [-0.15, -0.1) is 0 Å². The van der Waals surface area contributed by atoms with Gasteiger partial charge in [-0.1, -0.05) is 6.92 Å². The fourth-order valence-corrected chi connectivity index (χ4v) is 2.29. The van der Waals surface area contributed by atoms with Crippen molar-refractivity contribution in [2.45, 2.75) is 32.4 Å². The minimum atomic E-state index is 0.547. The van der Waals surface area contributed by atoms with Crippen molar-refractivity contribution in [2.75, 3.05) is 39.3 Å². The molecule has 0 amide bonds. The molecule has 2 aliphatic rings. The van der Waals surface area contributed by atoms with Crippen molar-refractivity contribution >= 4 is 0 Å². The van der Waals surface area contributed by atoms with Crippen LogP contribution in [0.25, 0.3) is 0 Å². The zero-order chi connectivity index (χ0) is 9.97. The lowest BCUT2D eigenvalue weighted by Crippen LogP contribution is -2.40. The Kier molecular flexibility index (Phi) is 3.42. The first-order chi connectivity index (χ1) is 6.79. The summed E-state index contributed by atoms with van der Waals surface area (Å²) in [5, 5.41) is 0. The number of ether oxygens (including phenoxy) is 1. The Balaban J connectivity index is 1.83. The third-order valence-electron chi connectivity index (χ3n) is 3.35. The number of likely N-dealkylation sites (N-methyl/N-ethyl adjacent to an activating group) is 1. The van der Waals surface area contributed by atoms with Gasteiger partial charge in [0.25, 0.3) is 0 Å². The predicted octanol–water partition coefficient (Wildman–Crippen LogP) is 0.801. The smallest absolute Gasteiger partial charge is 0.0936 e. The molecule has 2 atom stereocenters. The Morgan fingerprint density at radius 2 is 2.14 bits per heavy atom. The van der Waals surface area contributed by atoms with E-state index in [0.29, 0.717) is 12.1 Å². The normalized spacial score (nSPS) is 35.6. The monoisotopic (exact) mass is 198 g/mol. The van der Waals surface area contributed by atoms with Gasteiger partial charge in [-0.05, 0) is 33.0 Å². The van der Waals surface area contributed by atoms with E-state index in [-0.39, 0.29) is 0 Å². The molecule has 0 saturated carbocycles. The topological polar surface area (TPSA) is 19.0 Å². The molecule has 2 heterocycles. The van der Waals surface area contributed by atoms with Crippen LogP contribution in [-0.2, 0) is 4.74 Å². The SMILES string of the molecule is CCN1CCCN(C[C@H]2CO2)C(C)C1. The molecule has 3 heteroatoms. The molecule has 0 aromatic heterocycles. The first-order valence-corrected chi connectivity index (χ1v) is 5.87. The zero-order valence-corrected chi connectivity index (χ0v) is 9.41. The molecule has 0 radical (unpaired) electrons. The van der Waals surface area contributed by atoms with Crippen molar-refractivity contribution in [3.63, 3.8) is 0 Å². The number of nitrogens with zero attached hydrogens (tertiary/aromatic N) is 2. The lowest BCUT2D eigenvalue weighted by atomic mass is 10.2. The molecule has 2 aliphatic heterocycles. The highest BCUT2D eigenvalue weighted by molar-refractivity contribution is 4.81. The van der Waals surface area contributed by atoms with E-state index >= 15 is 0 Å². The Morgan fingerprint density at radius 3 is 2.79 bits per heavy atom. The molecule has 0 aliphatic carbocycles. The number of epoxide rings is 1. The molecule has 0 bridgehead atoms. The van der Waals surface area contributed by atoms with Crippen molar-refractivity contribution in [3.8, 4) is 0 Å². The van der Waals surface area contributed by atoms with Gasteiger partial charge in [0.2, 0.25) is 0 Å². The Hall–Kier alpha value is -0.120. The highest BCUT2D eigenvalue weighted by Gasteiger charge is 2.29. The van der Waals surface area contributed by atoms with E-state index in [1.54, 1.807) is 0 Å². The first-order valence-electron chi connectivity index (χ1n) is 5.87. The molecule has 1 unspecified atom stereocenters. The van der Waals surface area contributed by atoms with Crippen molar-refractivity contribution in [1.29, 1.82) is 0 Å². The van der Waals surface area contributed by atoms with Crippen LogP contribution in [0.1, 0.15) is 20.3 Å². The molecule has 0 spiro atoms. The summed E-state index contributed by atoms with van der Waals surface area (Å²) in [6.07, 6.45) is 1.86. The first kappa shape index (κ1) is 10.4. The number of hydrogen-bond acceptors (Lipinski definition) is 3. The van der Waals surface area contributed by atoms with E-state index in [9.17, 15) is 0 Å². The summed E-state index contributed by atoms with van der Waals surface area (Å²) in [5.41, 5.74) is 0. The highest BCUT2D eigenvalue weighted by Crippen LogP contribution is 2.16. The molecule has 14 heavy (non-hydrogen) atoms. The van der Waals surface area contributed by atoms with Gasteiger partial charge >= 0.3 is 0 Å². The van der Waals surface area contributed by atoms with Crippen LogP contribution >= 0.6 is 0 Å². The minimum Gasteiger partial charge on any atom is -0.372 e. The number of rotatable bonds is 3. The van der Waals surface area contributed by atoms with Gasteiger partial charge in [0.1, 0.15) is 0 Å². The van der Waals surface area contributed by atoms with Crippen LogP contribution < -0.4 is 0 Å². The van der Waals surface area contributed by atoms with Crippen LogP contribution in [0.5, 0.6) is 0 Å². The molecule has 2 rings (SSSR count). The van der Waals surface area contributed by atoms with Gasteiger partial charge in [0, 0.05) is 19.1 Å². The van der Waals surface area contributed by atoms with E-state index in [0.717, 1.165) is 13.2 Å². The van der Waals surface area contributed by atoms with E-state index in [1.165, 1.54) is 32.6 Å². The second kappa shape index (κ2) is 4.60. The standard InChI is InChI=1S/C11H22N2O/c1-3-12-5-4-6-13(10(2)7-12)8-11-9-14-11/h10-11H,3-9H2,1-2H3/t10?,11-/m0/s1. The maximum Gasteiger partial charge on any atom is 0.0936 e. The summed E-state index contributed by atoms with van der Waals surface area (Å²) in [7, 11) is 0. The zero-order valence-electron chi connectivity index (χ0n) is 9.41. The maximum absolute atomic E-state index is 5.30. The Bertz CT molecular complexity index is 182. The van der Waals surface area contributed by atoms with Crippen molar-refractivity contribution in [3.05, 3.63) is 0 Å². The summed E-state index contributed by atoms with van der Waals surface area (Å²) in [6.45, 7) is 11.7. The molecule has 0 aromatic rings. The minimum absolute atomic E-state index is 0.547. The second-order valence-corrected chi connectivity index (χ2v) is 4.55. The molecule has 2 fully saturated rings. The molecule has 2 saturated heterocycles. The van der Waals surface area contributed by atoms with E-state index in [4.69, 9.17) is 4.74 Å². The van der Waals surface area contributed by atoms with E-state index in [2.05, 4.69) is 23.6 Å². The van der Waals surface area contributed by atoms with Crippen LogP contribution in [0.15, 0.2) is 0 Å². The van der Waals surface area contributed by atoms with Gasteiger partial charge in [-0.2, -0.15) is 0 Å². The maximum atomic E-state index is 5.30. The average Bonchev–Trinajstić information content (AvgIpc) is 2.97. The third kappa shape index (κ3) is 2.69. The lowest BCUT2D eigenvalue weighted by Gasteiger charge is -2.27. The van der Waals surface area contributed by atoms with Crippen LogP contribution in [0.3, 0.4) is 0 Å². The largest absolute Gasteiger partial charge is 0.372 e. The predicted molar refractivity (Wildman–Crippen MR) is 57.5 cm³/mol. The van der Waals surface area contributed by atoms with Crippen LogP contribution in [-0.4, -0.2) is 61.3 Å². The van der Waals surface area contributed by atoms with E-state index < -0.39 is 0 Å². The summed E-state index contributed by atoms with van der Waals surface area (Å²) < 4.78 is 5.30. The fraction of sp³-hybridized carbons (Fsp3) is 1.00. The summed E-state index contributed by atoms with van der Waals surface area (Å²) >= 11 is 0. The van der Waals surface area contributed by atoms with Crippen molar-refractivity contribution in [1.82, 2.24) is 9.80 Å². The van der Waals surface area contributed by atoms with Crippen LogP contribution in [0, 0.1) is 0 Å². The Labute approximate surface area is 87.0 Å². The second-order valence-electron chi connectivity index (χ2n) is 4.55. The Morgan fingerprint density at radius 1 is 1.36 bits per heavy atom. The average molecular weight is 198 g/mol. The molecular weight excluding hydrogens is 176 g/mol. The van der Waals surface area contributed by atoms with Crippen molar-refractivity contribution < 1.29 is 4.74 Å².